The summed E-state index contributed by atoms with van der Waals surface area (Å²) in [5, 5.41) is 0. The predicted octanol–water partition coefficient (Wildman–Crippen LogP) is 2.28. The third-order valence-electron chi connectivity index (χ3n) is 2.26. The van der Waals surface area contributed by atoms with Crippen LogP contribution in [0.2, 0.25) is 0 Å². The minimum Gasteiger partial charge on any atom is -0.493 e. The number of rotatable bonds is 6. The lowest BCUT2D eigenvalue weighted by atomic mass is 10.2. The molecule has 0 spiro atoms. The fourth-order valence-electron chi connectivity index (χ4n) is 1.50. The molecular formula is C13H18O5. The molecule has 100 valence electrons. The molecule has 1 aromatic carbocycles. The van der Waals surface area contributed by atoms with Crippen molar-refractivity contribution >= 4 is 5.97 Å². The van der Waals surface area contributed by atoms with Crippen molar-refractivity contribution in [1.82, 2.24) is 0 Å². The number of methoxy groups -OCH3 is 2. The van der Waals surface area contributed by atoms with E-state index in [1.165, 1.54) is 14.2 Å². The Balaban J connectivity index is 3.21. The van der Waals surface area contributed by atoms with Crippen molar-refractivity contribution in [3.8, 4) is 17.2 Å². The molecule has 0 amide bonds. The van der Waals surface area contributed by atoms with Gasteiger partial charge in [0.25, 0.3) is 0 Å². The van der Waals surface area contributed by atoms with Crippen molar-refractivity contribution in [3.63, 3.8) is 0 Å². The molecule has 0 aliphatic heterocycles. The highest BCUT2D eigenvalue weighted by Gasteiger charge is 2.17. The Morgan fingerprint density at radius 2 is 1.61 bits per heavy atom. The van der Waals surface area contributed by atoms with E-state index in [2.05, 4.69) is 0 Å². The number of esters is 1. The largest absolute Gasteiger partial charge is 0.493 e. The highest BCUT2D eigenvalue weighted by atomic mass is 16.5. The third kappa shape index (κ3) is 3.06. The lowest BCUT2D eigenvalue weighted by molar-refractivity contribution is 0.0525. The quantitative estimate of drug-likeness (QED) is 0.729. The molecule has 0 saturated heterocycles. The van der Waals surface area contributed by atoms with Crippen molar-refractivity contribution in [2.75, 3.05) is 27.4 Å². The van der Waals surface area contributed by atoms with E-state index in [9.17, 15) is 4.79 Å². The Labute approximate surface area is 107 Å². The van der Waals surface area contributed by atoms with Gasteiger partial charge in [0.15, 0.2) is 11.5 Å². The first-order chi connectivity index (χ1) is 8.67. The number of carbonyl (C=O) groups excluding carboxylic acids is 1. The monoisotopic (exact) mass is 254 g/mol. The normalized spacial score (nSPS) is 9.78. The first-order valence-corrected chi connectivity index (χ1v) is 5.73. The first-order valence-electron chi connectivity index (χ1n) is 5.73. The van der Waals surface area contributed by atoms with Crippen LogP contribution in [-0.2, 0) is 4.74 Å². The standard InChI is InChI=1S/C13H18O5/c1-5-17-12-10(15-3)7-9(8-11(12)16-4)13(14)18-6-2/h7-8H,5-6H2,1-4H3. The zero-order valence-corrected chi connectivity index (χ0v) is 11.1. The van der Waals surface area contributed by atoms with Gasteiger partial charge in [-0.1, -0.05) is 0 Å². The lowest BCUT2D eigenvalue weighted by Gasteiger charge is -2.14. The van der Waals surface area contributed by atoms with Crippen molar-refractivity contribution in [2.45, 2.75) is 13.8 Å². The summed E-state index contributed by atoms with van der Waals surface area (Å²) in [7, 11) is 3.01. The summed E-state index contributed by atoms with van der Waals surface area (Å²) in [4.78, 5) is 11.7. The fourth-order valence-corrected chi connectivity index (χ4v) is 1.50. The number of carbonyl (C=O) groups is 1. The first kappa shape index (κ1) is 14.2. The number of hydrogen-bond donors (Lipinski definition) is 0. The van der Waals surface area contributed by atoms with Gasteiger partial charge in [-0.25, -0.2) is 4.79 Å². The summed E-state index contributed by atoms with van der Waals surface area (Å²) in [6.45, 7) is 4.40. The Hall–Kier alpha value is -1.91. The molecule has 0 N–H and O–H groups in total. The van der Waals surface area contributed by atoms with Crippen LogP contribution in [0.1, 0.15) is 24.2 Å². The average Bonchev–Trinajstić information content (AvgIpc) is 2.39. The van der Waals surface area contributed by atoms with E-state index >= 15 is 0 Å². The molecule has 18 heavy (non-hydrogen) atoms. The molecular weight excluding hydrogens is 236 g/mol. The maximum Gasteiger partial charge on any atom is 0.338 e. The molecule has 0 fully saturated rings. The smallest absolute Gasteiger partial charge is 0.338 e. The summed E-state index contributed by atoms with van der Waals surface area (Å²) < 4.78 is 20.8. The van der Waals surface area contributed by atoms with Crippen LogP contribution in [0.25, 0.3) is 0 Å². The Morgan fingerprint density at radius 3 is 2.00 bits per heavy atom. The van der Waals surface area contributed by atoms with E-state index in [0.29, 0.717) is 36.0 Å². The SMILES string of the molecule is CCOC(=O)c1cc(OC)c(OCC)c(OC)c1. The predicted molar refractivity (Wildman–Crippen MR) is 66.7 cm³/mol. The highest BCUT2D eigenvalue weighted by Crippen LogP contribution is 2.38. The van der Waals surface area contributed by atoms with Gasteiger partial charge in [-0.3, -0.25) is 0 Å². The van der Waals surface area contributed by atoms with Gasteiger partial charge in [-0.2, -0.15) is 0 Å². The molecule has 5 heteroatoms. The number of hydrogen-bond acceptors (Lipinski definition) is 5. The van der Waals surface area contributed by atoms with Crippen molar-refractivity contribution in [3.05, 3.63) is 17.7 Å². The van der Waals surface area contributed by atoms with Crippen LogP contribution >= 0.6 is 0 Å². The van der Waals surface area contributed by atoms with E-state index in [0.717, 1.165) is 0 Å². The molecule has 1 aromatic rings. The second-order valence-corrected chi connectivity index (χ2v) is 3.36. The molecule has 0 aliphatic carbocycles. The van der Waals surface area contributed by atoms with Crippen molar-refractivity contribution < 1.29 is 23.7 Å². The van der Waals surface area contributed by atoms with Gasteiger partial charge in [0.05, 0.1) is 33.0 Å². The van der Waals surface area contributed by atoms with Gasteiger partial charge < -0.3 is 18.9 Å². The van der Waals surface area contributed by atoms with E-state index in [1.54, 1.807) is 19.1 Å². The van der Waals surface area contributed by atoms with Gasteiger partial charge in [0.1, 0.15) is 0 Å². The molecule has 0 aromatic heterocycles. The highest BCUT2D eigenvalue weighted by molar-refractivity contribution is 5.91. The van der Waals surface area contributed by atoms with Crippen LogP contribution in [0, 0.1) is 0 Å². The van der Waals surface area contributed by atoms with Gasteiger partial charge in [-0.05, 0) is 26.0 Å². The molecule has 0 saturated carbocycles. The van der Waals surface area contributed by atoms with Crippen LogP contribution in [0.15, 0.2) is 12.1 Å². The third-order valence-corrected chi connectivity index (χ3v) is 2.26. The van der Waals surface area contributed by atoms with E-state index < -0.39 is 5.97 Å². The van der Waals surface area contributed by atoms with Crippen LogP contribution in [0.5, 0.6) is 17.2 Å². The molecule has 1 rings (SSSR count). The molecule has 0 aliphatic rings. The average molecular weight is 254 g/mol. The zero-order valence-electron chi connectivity index (χ0n) is 11.1. The Morgan fingerprint density at radius 1 is 1.06 bits per heavy atom. The Kier molecular flexibility index (Phi) is 5.30. The van der Waals surface area contributed by atoms with Crippen LogP contribution < -0.4 is 14.2 Å². The second kappa shape index (κ2) is 6.74. The summed E-state index contributed by atoms with van der Waals surface area (Å²) >= 11 is 0. The van der Waals surface area contributed by atoms with Crippen LogP contribution in [0.3, 0.4) is 0 Å². The summed E-state index contributed by atoms with van der Waals surface area (Å²) in [5.74, 6) is 0.950. The maximum absolute atomic E-state index is 11.7. The van der Waals surface area contributed by atoms with Gasteiger partial charge in [0, 0.05) is 0 Å². The molecule has 0 unspecified atom stereocenters. The molecule has 0 bridgehead atoms. The topological polar surface area (TPSA) is 54.0 Å². The maximum atomic E-state index is 11.7. The molecule has 0 atom stereocenters. The molecule has 0 radical (unpaired) electrons. The van der Waals surface area contributed by atoms with Gasteiger partial charge >= 0.3 is 5.97 Å². The van der Waals surface area contributed by atoms with Crippen molar-refractivity contribution in [2.24, 2.45) is 0 Å². The number of ether oxygens (including phenoxy) is 4. The van der Waals surface area contributed by atoms with Gasteiger partial charge in [-0.15, -0.1) is 0 Å². The van der Waals surface area contributed by atoms with E-state index in [1.807, 2.05) is 6.92 Å². The minimum atomic E-state index is -0.419. The molecule has 0 heterocycles. The van der Waals surface area contributed by atoms with Crippen LogP contribution in [-0.4, -0.2) is 33.4 Å². The summed E-state index contributed by atoms with van der Waals surface area (Å²) in [6.07, 6.45) is 0. The Bertz CT molecular complexity index is 389. The van der Waals surface area contributed by atoms with Crippen molar-refractivity contribution in [1.29, 1.82) is 0 Å². The summed E-state index contributed by atoms with van der Waals surface area (Å²) in [5.41, 5.74) is 0.369. The minimum absolute atomic E-state index is 0.316. The summed E-state index contributed by atoms with van der Waals surface area (Å²) in [6, 6.07) is 3.15. The van der Waals surface area contributed by atoms with Crippen LogP contribution in [0.4, 0.5) is 0 Å². The van der Waals surface area contributed by atoms with E-state index in [4.69, 9.17) is 18.9 Å². The lowest BCUT2D eigenvalue weighted by Crippen LogP contribution is -2.07. The van der Waals surface area contributed by atoms with E-state index in [-0.39, 0.29) is 0 Å². The zero-order chi connectivity index (χ0) is 13.5. The molecule has 5 nitrogen and oxygen atoms in total. The fraction of sp³-hybridized carbons (Fsp3) is 0.462. The second-order valence-electron chi connectivity index (χ2n) is 3.36. The number of benzene rings is 1. The van der Waals surface area contributed by atoms with Gasteiger partial charge in [0.2, 0.25) is 5.75 Å².